The number of urea groups is 1. The fourth-order valence-electron chi connectivity index (χ4n) is 1.83. The average molecular weight is 320 g/mol. The first-order chi connectivity index (χ1) is 11.0. The Balaban J connectivity index is 2.25. The number of nitrogens with one attached hydrogen (secondary N) is 4. The van der Waals surface area contributed by atoms with Crippen LogP contribution in [0.1, 0.15) is 43.5 Å². The number of carbonyl (C=O) groups excluding carboxylic acids is 3. The van der Waals surface area contributed by atoms with Crippen LogP contribution in [0.25, 0.3) is 0 Å². The van der Waals surface area contributed by atoms with Crippen LogP contribution >= 0.6 is 0 Å². The van der Waals surface area contributed by atoms with E-state index in [-0.39, 0.29) is 24.3 Å². The van der Waals surface area contributed by atoms with Gasteiger partial charge in [-0.2, -0.15) is 0 Å². The summed E-state index contributed by atoms with van der Waals surface area (Å²) in [6.45, 7) is 4.30. The Morgan fingerprint density at radius 3 is 2.43 bits per heavy atom. The lowest BCUT2D eigenvalue weighted by molar-refractivity contribution is -0.122. The molecule has 4 N–H and O–H groups in total. The van der Waals surface area contributed by atoms with Crippen molar-refractivity contribution in [3.8, 4) is 0 Å². The second-order valence-corrected chi connectivity index (χ2v) is 5.23. The van der Waals surface area contributed by atoms with Gasteiger partial charge in [-0.3, -0.25) is 15.0 Å². The smallest absolute Gasteiger partial charge is 0.333 e. The molecule has 0 aliphatic rings. The van der Waals surface area contributed by atoms with E-state index in [1.165, 1.54) is 0 Å². The minimum atomic E-state index is -0.451. The predicted molar refractivity (Wildman–Crippen MR) is 87.6 cm³/mol. The van der Waals surface area contributed by atoms with Gasteiger partial charge in [-0.1, -0.05) is 31.5 Å². The molecule has 0 fully saturated rings. The van der Waals surface area contributed by atoms with Gasteiger partial charge in [0.2, 0.25) is 5.91 Å². The molecule has 0 spiro atoms. The molecule has 1 aromatic rings. The van der Waals surface area contributed by atoms with Gasteiger partial charge in [-0.25, -0.2) is 10.2 Å². The van der Waals surface area contributed by atoms with Gasteiger partial charge in [0.1, 0.15) is 0 Å². The lowest BCUT2D eigenvalue weighted by atomic mass is 10.2. The molecule has 1 unspecified atom stereocenters. The van der Waals surface area contributed by atoms with Crippen molar-refractivity contribution >= 4 is 17.8 Å². The zero-order valence-electron chi connectivity index (χ0n) is 13.5. The first kappa shape index (κ1) is 18.5. The number of carbonyl (C=O) groups is 3. The molecule has 0 aliphatic heterocycles. The zero-order valence-corrected chi connectivity index (χ0v) is 13.5. The van der Waals surface area contributed by atoms with Crippen molar-refractivity contribution in [1.82, 2.24) is 21.5 Å². The third-order valence-electron chi connectivity index (χ3n) is 3.04. The van der Waals surface area contributed by atoms with Crippen LogP contribution in [0, 0.1) is 0 Å². The fraction of sp³-hybridized carbons (Fsp3) is 0.438. The highest BCUT2D eigenvalue weighted by molar-refractivity contribution is 5.94. The Labute approximate surface area is 136 Å². The second-order valence-electron chi connectivity index (χ2n) is 5.23. The Kier molecular flexibility index (Phi) is 8.20. The average Bonchev–Trinajstić information content (AvgIpc) is 2.54. The van der Waals surface area contributed by atoms with Crippen molar-refractivity contribution in [3.05, 3.63) is 35.9 Å². The van der Waals surface area contributed by atoms with Gasteiger partial charge in [0.15, 0.2) is 0 Å². The molecule has 4 amide bonds. The summed E-state index contributed by atoms with van der Waals surface area (Å²) >= 11 is 0. The molecule has 0 bridgehead atoms. The van der Waals surface area contributed by atoms with E-state index in [9.17, 15) is 14.4 Å². The van der Waals surface area contributed by atoms with E-state index in [1.807, 2.05) is 13.0 Å². The summed E-state index contributed by atoms with van der Waals surface area (Å²) in [4.78, 5) is 35.0. The molecule has 7 nitrogen and oxygen atoms in total. The Morgan fingerprint density at radius 1 is 1.09 bits per heavy atom. The second kappa shape index (κ2) is 10.2. The van der Waals surface area contributed by atoms with Crippen molar-refractivity contribution in [1.29, 1.82) is 0 Å². The molecule has 23 heavy (non-hydrogen) atoms. The van der Waals surface area contributed by atoms with E-state index < -0.39 is 6.03 Å². The molecule has 0 heterocycles. The van der Waals surface area contributed by atoms with Crippen LogP contribution in [0.5, 0.6) is 0 Å². The first-order valence-electron chi connectivity index (χ1n) is 7.71. The molecule has 1 aromatic carbocycles. The lowest BCUT2D eigenvalue weighted by Gasteiger charge is -2.14. The van der Waals surface area contributed by atoms with Gasteiger partial charge in [-0.15, -0.1) is 0 Å². The summed E-state index contributed by atoms with van der Waals surface area (Å²) in [5.41, 5.74) is 5.11. The van der Waals surface area contributed by atoms with Crippen LogP contribution in [0.4, 0.5) is 4.79 Å². The molecule has 0 aliphatic carbocycles. The molecular formula is C16H24N4O3. The van der Waals surface area contributed by atoms with Gasteiger partial charge >= 0.3 is 6.03 Å². The molecule has 126 valence electrons. The fourth-order valence-corrected chi connectivity index (χ4v) is 1.83. The maximum absolute atomic E-state index is 11.9. The number of hydrogen-bond donors (Lipinski definition) is 4. The van der Waals surface area contributed by atoms with E-state index in [2.05, 4.69) is 21.5 Å². The summed E-state index contributed by atoms with van der Waals surface area (Å²) in [7, 11) is 0. The Morgan fingerprint density at radius 2 is 1.78 bits per heavy atom. The van der Waals surface area contributed by atoms with Crippen LogP contribution in [-0.2, 0) is 4.79 Å². The van der Waals surface area contributed by atoms with E-state index in [1.54, 1.807) is 31.2 Å². The Bertz CT molecular complexity index is 519. The van der Waals surface area contributed by atoms with E-state index >= 15 is 0 Å². The summed E-state index contributed by atoms with van der Waals surface area (Å²) in [5.74, 6) is -0.618. The van der Waals surface area contributed by atoms with E-state index in [0.717, 1.165) is 12.8 Å². The van der Waals surface area contributed by atoms with Gasteiger partial charge in [-0.05, 0) is 25.5 Å². The number of rotatable bonds is 7. The monoisotopic (exact) mass is 320 g/mol. The summed E-state index contributed by atoms with van der Waals surface area (Å²) < 4.78 is 0. The van der Waals surface area contributed by atoms with Crippen molar-refractivity contribution < 1.29 is 14.4 Å². The largest absolute Gasteiger partial charge is 0.349 e. The van der Waals surface area contributed by atoms with Crippen LogP contribution < -0.4 is 21.5 Å². The summed E-state index contributed by atoms with van der Waals surface area (Å²) in [6, 6.07) is 7.96. The van der Waals surface area contributed by atoms with Crippen LogP contribution in [0.2, 0.25) is 0 Å². The topological polar surface area (TPSA) is 99.3 Å². The van der Waals surface area contributed by atoms with Gasteiger partial charge in [0.05, 0.1) is 0 Å². The predicted octanol–water partition coefficient (Wildman–Crippen LogP) is 1.33. The van der Waals surface area contributed by atoms with Crippen molar-refractivity contribution in [2.75, 3.05) is 6.54 Å². The van der Waals surface area contributed by atoms with Crippen molar-refractivity contribution in [2.24, 2.45) is 0 Å². The summed E-state index contributed by atoms with van der Waals surface area (Å²) in [6.07, 6.45) is 1.92. The van der Waals surface area contributed by atoms with E-state index in [4.69, 9.17) is 0 Å². The number of amides is 4. The number of benzene rings is 1. The van der Waals surface area contributed by atoms with Crippen LogP contribution in [0.15, 0.2) is 30.3 Å². The number of hydrogen-bond acceptors (Lipinski definition) is 3. The van der Waals surface area contributed by atoms with Crippen molar-refractivity contribution in [3.63, 3.8) is 0 Å². The molecule has 0 saturated carbocycles. The number of hydrazine groups is 1. The Hall–Kier alpha value is -2.57. The number of unbranched alkanes of at least 4 members (excludes halogenated alkanes) is 1. The third-order valence-corrected chi connectivity index (χ3v) is 3.04. The molecule has 0 radical (unpaired) electrons. The lowest BCUT2D eigenvalue weighted by Crippen LogP contribution is -2.48. The standard InChI is InChI=1S/C16H24N4O3/c1-3-4-10-17-16(23)20-19-14(21)11-12(2)18-15(22)13-8-6-5-7-9-13/h5-9,12H,3-4,10-11H2,1-2H3,(H,18,22)(H,19,21)(H2,17,20,23). The van der Waals surface area contributed by atoms with Gasteiger partial charge in [0.25, 0.3) is 5.91 Å². The highest BCUT2D eigenvalue weighted by Gasteiger charge is 2.13. The highest BCUT2D eigenvalue weighted by atomic mass is 16.2. The molecule has 7 heteroatoms. The van der Waals surface area contributed by atoms with Gasteiger partial charge < -0.3 is 10.6 Å². The summed E-state index contributed by atoms with van der Waals surface area (Å²) in [5, 5.41) is 5.34. The minimum Gasteiger partial charge on any atom is -0.349 e. The third kappa shape index (κ3) is 7.85. The van der Waals surface area contributed by atoms with Crippen LogP contribution in [-0.4, -0.2) is 30.4 Å². The molecular weight excluding hydrogens is 296 g/mol. The normalized spacial score (nSPS) is 11.2. The van der Waals surface area contributed by atoms with Crippen LogP contribution in [0.3, 0.4) is 0 Å². The minimum absolute atomic E-state index is 0.0633. The zero-order chi connectivity index (χ0) is 17.1. The SMILES string of the molecule is CCCCNC(=O)NNC(=O)CC(C)NC(=O)c1ccccc1. The molecule has 1 atom stereocenters. The molecule has 0 saturated heterocycles. The first-order valence-corrected chi connectivity index (χ1v) is 7.71. The van der Waals surface area contributed by atoms with E-state index in [0.29, 0.717) is 12.1 Å². The maximum Gasteiger partial charge on any atom is 0.333 e. The maximum atomic E-state index is 11.9. The van der Waals surface area contributed by atoms with Gasteiger partial charge in [0, 0.05) is 24.6 Å². The highest BCUT2D eigenvalue weighted by Crippen LogP contribution is 2.00. The quantitative estimate of drug-likeness (QED) is 0.450. The molecule has 0 aromatic heterocycles. The van der Waals surface area contributed by atoms with Crippen molar-refractivity contribution in [2.45, 2.75) is 39.2 Å². The molecule has 1 rings (SSSR count).